The zero-order chi connectivity index (χ0) is 7.68. The van der Waals surface area contributed by atoms with Gasteiger partial charge in [-0.15, -0.1) is 0 Å². The van der Waals surface area contributed by atoms with Gasteiger partial charge >= 0.3 is 0 Å². The molecule has 2 aromatic rings. The van der Waals surface area contributed by atoms with Crippen LogP contribution in [0.4, 0.5) is 0 Å². The number of para-hydroxylation sites is 1. The molecule has 0 aliphatic heterocycles. The van der Waals surface area contributed by atoms with Crippen molar-refractivity contribution in [2.45, 2.75) is 0 Å². The van der Waals surface area contributed by atoms with Crippen LogP contribution in [0.5, 0.6) is 0 Å². The topological polar surface area (TPSA) is 30.2 Å². The highest BCUT2D eigenvalue weighted by Gasteiger charge is 1.95. The highest BCUT2D eigenvalue weighted by Crippen LogP contribution is 2.06. The molecule has 1 aromatic heterocycles. The van der Waals surface area contributed by atoms with Crippen molar-refractivity contribution in [2.75, 3.05) is 0 Å². The SMILES string of the molecule is O=c1c[13cH]oc2ccccc12. The summed E-state index contributed by atoms with van der Waals surface area (Å²) < 4.78 is 5.09. The van der Waals surface area contributed by atoms with Crippen molar-refractivity contribution in [1.82, 2.24) is 0 Å². The third-order valence-electron chi connectivity index (χ3n) is 1.57. The van der Waals surface area contributed by atoms with E-state index in [1.807, 2.05) is 12.1 Å². The van der Waals surface area contributed by atoms with Gasteiger partial charge in [-0.3, -0.25) is 4.79 Å². The molecular weight excluding hydrogens is 141 g/mol. The molecular formula is C9H6O2. The molecule has 0 N–H and O–H groups in total. The molecule has 1 aromatic carbocycles. The quantitative estimate of drug-likeness (QED) is 0.568. The van der Waals surface area contributed by atoms with Crippen LogP contribution < -0.4 is 5.43 Å². The van der Waals surface area contributed by atoms with Gasteiger partial charge in [0.2, 0.25) is 0 Å². The molecule has 0 saturated heterocycles. The average molecular weight is 147 g/mol. The lowest BCUT2D eigenvalue weighted by Crippen LogP contribution is -1.96. The summed E-state index contributed by atoms with van der Waals surface area (Å²) in [4.78, 5) is 11.1. The second-order valence-electron chi connectivity index (χ2n) is 2.28. The Morgan fingerprint density at radius 1 is 1.09 bits per heavy atom. The Morgan fingerprint density at radius 3 is 2.73 bits per heavy atom. The summed E-state index contributed by atoms with van der Waals surface area (Å²) in [7, 11) is 0. The third kappa shape index (κ3) is 0.923. The zero-order valence-corrected chi connectivity index (χ0v) is 5.78. The zero-order valence-electron chi connectivity index (χ0n) is 5.78. The van der Waals surface area contributed by atoms with Crippen LogP contribution in [0.2, 0.25) is 0 Å². The second kappa shape index (κ2) is 2.23. The van der Waals surface area contributed by atoms with Crippen LogP contribution in [0.25, 0.3) is 11.0 Å². The lowest BCUT2D eigenvalue weighted by atomic mass is 10.2. The van der Waals surface area contributed by atoms with Crippen molar-refractivity contribution in [2.24, 2.45) is 0 Å². The first-order chi connectivity index (χ1) is 5.38. The van der Waals surface area contributed by atoms with E-state index in [4.69, 9.17) is 4.42 Å². The van der Waals surface area contributed by atoms with Gasteiger partial charge in [0.15, 0.2) is 5.43 Å². The molecule has 0 spiro atoms. The van der Waals surface area contributed by atoms with Gasteiger partial charge in [-0.25, -0.2) is 0 Å². The Bertz CT molecular complexity index is 423. The molecule has 1 heterocycles. The molecule has 0 unspecified atom stereocenters. The minimum absolute atomic E-state index is 0.00634. The minimum atomic E-state index is 0.00634. The van der Waals surface area contributed by atoms with Crippen molar-refractivity contribution < 1.29 is 4.42 Å². The van der Waals surface area contributed by atoms with Crippen molar-refractivity contribution in [3.8, 4) is 0 Å². The van der Waals surface area contributed by atoms with Gasteiger partial charge < -0.3 is 4.42 Å². The van der Waals surface area contributed by atoms with E-state index in [1.165, 1.54) is 12.3 Å². The maximum Gasteiger partial charge on any atom is 0.192 e. The van der Waals surface area contributed by atoms with Gasteiger partial charge in [0.05, 0.1) is 11.6 Å². The predicted molar refractivity (Wildman–Crippen MR) is 42.5 cm³/mol. The average Bonchev–Trinajstić information content (AvgIpc) is 2.06. The van der Waals surface area contributed by atoms with Crippen LogP contribution >= 0.6 is 0 Å². The van der Waals surface area contributed by atoms with E-state index in [9.17, 15) is 4.79 Å². The van der Waals surface area contributed by atoms with Gasteiger partial charge in [0, 0.05) is 6.07 Å². The molecule has 0 radical (unpaired) electrons. The molecule has 0 aliphatic rings. The fraction of sp³-hybridized carbons (Fsp3) is 0. The van der Waals surface area contributed by atoms with Gasteiger partial charge in [0.1, 0.15) is 5.58 Å². The first kappa shape index (κ1) is 6.16. The number of benzene rings is 1. The second-order valence-corrected chi connectivity index (χ2v) is 2.28. The van der Waals surface area contributed by atoms with E-state index in [0.717, 1.165) is 0 Å². The van der Waals surface area contributed by atoms with Crippen LogP contribution in [-0.2, 0) is 0 Å². The van der Waals surface area contributed by atoms with E-state index in [-0.39, 0.29) is 5.43 Å². The molecule has 11 heavy (non-hydrogen) atoms. The van der Waals surface area contributed by atoms with Crippen molar-refractivity contribution in [3.63, 3.8) is 0 Å². The van der Waals surface area contributed by atoms with E-state index in [0.29, 0.717) is 11.0 Å². The molecule has 2 nitrogen and oxygen atoms in total. The summed E-state index contributed by atoms with van der Waals surface area (Å²) in [6, 6.07) is 8.60. The number of fused-ring (bicyclic) bond motifs is 1. The first-order valence-electron chi connectivity index (χ1n) is 3.34. The Kier molecular flexibility index (Phi) is 1.25. The van der Waals surface area contributed by atoms with E-state index >= 15 is 0 Å². The lowest BCUT2D eigenvalue weighted by molar-refractivity contribution is 0.602. The minimum Gasteiger partial charge on any atom is -0.464 e. The molecule has 0 fully saturated rings. The molecule has 0 aliphatic carbocycles. The fourth-order valence-corrected chi connectivity index (χ4v) is 1.03. The fourth-order valence-electron chi connectivity index (χ4n) is 1.03. The van der Waals surface area contributed by atoms with E-state index in [1.54, 1.807) is 12.1 Å². The predicted octanol–water partition coefficient (Wildman–Crippen LogP) is 1.79. The Balaban J connectivity index is 3.03. The molecule has 0 atom stereocenters. The van der Waals surface area contributed by atoms with Gasteiger partial charge in [-0.1, -0.05) is 12.1 Å². The van der Waals surface area contributed by atoms with Crippen molar-refractivity contribution >= 4 is 11.0 Å². The normalized spacial score (nSPS) is 10.2. The van der Waals surface area contributed by atoms with Crippen LogP contribution in [0.3, 0.4) is 0 Å². The maximum atomic E-state index is 11.1. The smallest absolute Gasteiger partial charge is 0.192 e. The van der Waals surface area contributed by atoms with Gasteiger partial charge in [0.25, 0.3) is 0 Å². The molecule has 0 bridgehead atoms. The number of hydrogen-bond donors (Lipinski definition) is 0. The van der Waals surface area contributed by atoms with Gasteiger partial charge in [-0.05, 0) is 12.1 Å². The highest BCUT2D eigenvalue weighted by atomic mass is 16.4. The van der Waals surface area contributed by atoms with Crippen LogP contribution in [0.1, 0.15) is 0 Å². The summed E-state index contributed by atoms with van der Waals surface area (Å²) in [5, 5.41) is 0.634. The standard InChI is InChI=1S/C9H6O2/c10-8-5-6-11-9-4-2-1-3-7(8)9/h1-6H/i6+1. The Hall–Kier alpha value is -1.57. The summed E-state index contributed by atoms with van der Waals surface area (Å²) in [6.07, 6.45) is 1.41. The molecule has 2 rings (SSSR count). The molecule has 54 valence electrons. The third-order valence-corrected chi connectivity index (χ3v) is 1.57. The van der Waals surface area contributed by atoms with Crippen molar-refractivity contribution in [1.29, 1.82) is 0 Å². The molecule has 2 heteroatoms. The Labute approximate surface area is 63.1 Å². The molecule has 0 saturated carbocycles. The highest BCUT2D eigenvalue weighted by molar-refractivity contribution is 5.75. The largest absolute Gasteiger partial charge is 0.464 e. The van der Waals surface area contributed by atoms with E-state index in [2.05, 4.69) is 0 Å². The maximum absolute atomic E-state index is 11.1. The number of hydrogen-bond acceptors (Lipinski definition) is 2. The summed E-state index contributed by atoms with van der Waals surface area (Å²) in [5.41, 5.74) is 0.645. The Morgan fingerprint density at radius 2 is 1.91 bits per heavy atom. The number of rotatable bonds is 0. The summed E-state index contributed by atoms with van der Waals surface area (Å²) in [6.45, 7) is 0. The molecule has 0 amide bonds. The monoisotopic (exact) mass is 147 g/mol. The van der Waals surface area contributed by atoms with Crippen LogP contribution in [-0.4, -0.2) is 0 Å². The summed E-state index contributed by atoms with van der Waals surface area (Å²) in [5.74, 6) is 0. The van der Waals surface area contributed by atoms with Crippen LogP contribution in [0.15, 0.2) is 45.8 Å². The van der Waals surface area contributed by atoms with E-state index < -0.39 is 0 Å². The first-order valence-corrected chi connectivity index (χ1v) is 3.34. The lowest BCUT2D eigenvalue weighted by Gasteiger charge is -1.91. The summed E-state index contributed by atoms with van der Waals surface area (Å²) >= 11 is 0. The van der Waals surface area contributed by atoms with Gasteiger partial charge in [-0.2, -0.15) is 0 Å². The van der Waals surface area contributed by atoms with Crippen molar-refractivity contribution in [3.05, 3.63) is 46.8 Å². The van der Waals surface area contributed by atoms with Crippen LogP contribution in [0, 0.1) is 0 Å².